The Kier molecular flexibility index (Phi) is 5.88. The zero-order chi connectivity index (χ0) is 12.8. The van der Waals surface area contributed by atoms with E-state index in [-0.39, 0.29) is 18.1 Å². The van der Waals surface area contributed by atoms with Crippen molar-refractivity contribution in [2.75, 3.05) is 19.6 Å². The molecule has 1 saturated heterocycles. The number of carbonyl (C=O) groups is 1. The second-order valence-corrected chi connectivity index (χ2v) is 4.85. The molecule has 1 aliphatic heterocycles. The van der Waals surface area contributed by atoms with Gasteiger partial charge in [-0.05, 0) is 33.2 Å². The van der Waals surface area contributed by atoms with E-state index in [1.54, 1.807) is 6.92 Å². The number of cyclic esters (lactones) is 1. The van der Waals surface area contributed by atoms with Gasteiger partial charge in [0.1, 0.15) is 12.1 Å². The van der Waals surface area contributed by atoms with E-state index < -0.39 is 6.10 Å². The first kappa shape index (κ1) is 14.4. The number of nitrogens with two attached hydrogens (primary N) is 1. The van der Waals surface area contributed by atoms with Gasteiger partial charge in [-0.15, -0.1) is 0 Å². The Morgan fingerprint density at radius 2 is 2.29 bits per heavy atom. The first-order valence-electron chi connectivity index (χ1n) is 6.37. The maximum atomic E-state index is 11.8. The van der Waals surface area contributed by atoms with Gasteiger partial charge in [0.2, 0.25) is 0 Å². The molecule has 0 bridgehead atoms. The van der Waals surface area contributed by atoms with Gasteiger partial charge in [-0.25, -0.2) is 0 Å². The Labute approximate surface area is 103 Å². The molecule has 0 saturated carbocycles. The number of aliphatic hydroxyl groups is 1. The zero-order valence-corrected chi connectivity index (χ0v) is 10.8. The van der Waals surface area contributed by atoms with E-state index in [4.69, 9.17) is 10.5 Å². The van der Waals surface area contributed by atoms with Crippen molar-refractivity contribution in [3.63, 3.8) is 0 Å². The van der Waals surface area contributed by atoms with Gasteiger partial charge in [0.05, 0.1) is 6.10 Å². The van der Waals surface area contributed by atoms with E-state index in [0.29, 0.717) is 19.6 Å². The van der Waals surface area contributed by atoms with Crippen molar-refractivity contribution in [3.8, 4) is 0 Å². The summed E-state index contributed by atoms with van der Waals surface area (Å²) in [6, 6.07) is -0.215. The van der Waals surface area contributed by atoms with Crippen LogP contribution in [0.15, 0.2) is 0 Å². The van der Waals surface area contributed by atoms with Gasteiger partial charge >= 0.3 is 5.97 Å². The van der Waals surface area contributed by atoms with Gasteiger partial charge < -0.3 is 15.6 Å². The summed E-state index contributed by atoms with van der Waals surface area (Å²) >= 11 is 0. The van der Waals surface area contributed by atoms with Crippen molar-refractivity contribution < 1.29 is 14.6 Å². The van der Waals surface area contributed by atoms with E-state index >= 15 is 0 Å². The molecular weight excluding hydrogens is 220 g/mol. The molecule has 1 aliphatic rings. The number of hydrogen-bond donors (Lipinski definition) is 2. The Morgan fingerprint density at radius 1 is 1.59 bits per heavy atom. The highest BCUT2D eigenvalue weighted by atomic mass is 16.5. The Balaban J connectivity index is 2.55. The largest absolute Gasteiger partial charge is 0.460 e. The molecule has 100 valence electrons. The SMILES string of the molecule is CC(O)CN1CC(C)OC(=O)[C@@H]1CCCCN. The minimum Gasteiger partial charge on any atom is -0.460 e. The number of hydrogen-bond acceptors (Lipinski definition) is 5. The predicted octanol–water partition coefficient (Wildman–Crippen LogP) is 0.112. The van der Waals surface area contributed by atoms with Crippen LogP contribution < -0.4 is 5.73 Å². The molecular formula is C12H24N2O3. The van der Waals surface area contributed by atoms with Crippen molar-refractivity contribution in [2.45, 2.75) is 51.4 Å². The van der Waals surface area contributed by atoms with Crippen LogP contribution in [0.1, 0.15) is 33.1 Å². The smallest absolute Gasteiger partial charge is 0.323 e. The van der Waals surface area contributed by atoms with Crippen molar-refractivity contribution in [1.82, 2.24) is 4.90 Å². The molecule has 0 spiro atoms. The van der Waals surface area contributed by atoms with Crippen LogP contribution in [0.3, 0.4) is 0 Å². The summed E-state index contributed by atoms with van der Waals surface area (Å²) in [6.07, 6.45) is 2.08. The highest BCUT2D eigenvalue weighted by molar-refractivity contribution is 5.76. The van der Waals surface area contributed by atoms with Gasteiger partial charge in [-0.2, -0.15) is 0 Å². The van der Waals surface area contributed by atoms with Crippen LogP contribution in [0.25, 0.3) is 0 Å². The summed E-state index contributed by atoms with van der Waals surface area (Å²) in [5, 5.41) is 9.45. The topological polar surface area (TPSA) is 75.8 Å². The summed E-state index contributed by atoms with van der Waals surface area (Å²) in [7, 11) is 0. The minimum atomic E-state index is -0.426. The first-order valence-corrected chi connectivity index (χ1v) is 6.37. The van der Waals surface area contributed by atoms with Crippen LogP contribution in [0.2, 0.25) is 0 Å². The lowest BCUT2D eigenvalue weighted by Crippen LogP contribution is -2.53. The fourth-order valence-electron chi connectivity index (χ4n) is 2.24. The number of nitrogens with zero attached hydrogens (tertiary/aromatic N) is 1. The number of unbranched alkanes of at least 4 members (excludes halogenated alkanes) is 1. The van der Waals surface area contributed by atoms with Crippen molar-refractivity contribution in [3.05, 3.63) is 0 Å². The van der Waals surface area contributed by atoms with Gasteiger partial charge in [0.15, 0.2) is 0 Å². The number of carbonyl (C=O) groups excluding carboxylic acids is 1. The third-order valence-corrected chi connectivity index (χ3v) is 2.95. The molecule has 0 amide bonds. The van der Waals surface area contributed by atoms with Crippen LogP contribution in [-0.2, 0) is 9.53 Å². The number of β-amino-alcohol motifs (C(OH)–C–C–N with tert-alkyl or cyclic N) is 1. The summed E-state index contributed by atoms with van der Waals surface area (Å²) in [6.45, 7) is 5.48. The van der Waals surface area contributed by atoms with Crippen LogP contribution in [0.5, 0.6) is 0 Å². The molecule has 0 aromatic rings. The fraction of sp³-hybridized carbons (Fsp3) is 0.917. The van der Waals surface area contributed by atoms with E-state index in [9.17, 15) is 9.90 Å². The standard InChI is InChI=1S/C12H24N2O3/c1-9(15)7-14-8-10(2)17-12(16)11(14)5-3-4-6-13/h9-11,15H,3-8,13H2,1-2H3/t9?,10?,11-/m0/s1. The summed E-state index contributed by atoms with van der Waals surface area (Å²) in [5.74, 6) is -0.165. The average Bonchev–Trinajstić information content (AvgIpc) is 2.21. The quantitative estimate of drug-likeness (QED) is 0.512. The van der Waals surface area contributed by atoms with Crippen LogP contribution in [-0.4, -0.2) is 53.9 Å². The van der Waals surface area contributed by atoms with Crippen LogP contribution in [0, 0.1) is 0 Å². The second kappa shape index (κ2) is 6.93. The highest BCUT2D eigenvalue weighted by Crippen LogP contribution is 2.18. The molecule has 1 rings (SSSR count). The molecule has 0 aliphatic carbocycles. The number of morpholine rings is 1. The molecule has 3 atom stereocenters. The molecule has 1 heterocycles. The number of rotatable bonds is 6. The third-order valence-electron chi connectivity index (χ3n) is 2.95. The molecule has 2 unspecified atom stereocenters. The Morgan fingerprint density at radius 3 is 2.88 bits per heavy atom. The average molecular weight is 244 g/mol. The molecule has 0 aromatic carbocycles. The molecule has 1 fully saturated rings. The maximum absolute atomic E-state index is 11.8. The Hall–Kier alpha value is -0.650. The number of aliphatic hydroxyl groups excluding tert-OH is 1. The minimum absolute atomic E-state index is 0.0907. The maximum Gasteiger partial charge on any atom is 0.323 e. The third kappa shape index (κ3) is 4.61. The summed E-state index contributed by atoms with van der Waals surface area (Å²) < 4.78 is 5.25. The van der Waals surface area contributed by atoms with Gasteiger partial charge in [0, 0.05) is 13.1 Å². The lowest BCUT2D eigenvalue weighted by atomic mass is 10.0. The molecule has 17 heavy (non-hydrogen) atoms. The van der Waals surface area contributed by atoms with E-state index in [1.165, 1.54) is 0 Å². The fourth-order valence-corrected chi connectivity index (χ4v) is 2.24. The predicted molar refractivity (Wildman–Crippen MR) is 65.5 cm³/mol. The van der Waals surface area contributed by atoms with Gasteiger partial charge in [-0.3, -0.25) is 9.69 Å². The molecule has 3 N–H and O–H groups in total. The van der Waals surface area contributed by atoms with Crippen LogP contribution >= 0.6 is 0 Å². The van der Waals surface area contributed by atoms with E-state index in [1.807, 2.05) is 11.8 Å². The molecule has 0 aromatic heterocycles. The molecule has 5 heteroatoms. The lowest BCUT2D eigenvalue weighted by Gasteiger charge is -2.37. The van der Waals surface area contributed by atoms with Crippen LogP contribution in [0.4, 0.5) is 0 Å². The lowest BCUT2D eigenvalue weighted by molar-refractivity contribution is -0.166. The normalized spacial score (nSPS) is 27.9. The zero-order valence-electron chi connectivity index (χ0n) is 10.8. The summed E-state index contributed by atoms with van der Waals surface area (Å²) in [4.78, 5) is 13.8. The van der Waals surface area contributed by atoms with Gasteiger partial charge in [0.25, 0.3) is 0 Å². The Bertz CT molecular complexity index is 244. The second-order valence-electron chi connectivity index (χ2n) is 4.85. The summed E-state index contributed by atoms with van der Waals surface area (Å²) in [5.41, 5.74) is 5.45. The number of esters is 1. The highest BCUT2D eigenvalue weighted by Gasteiger charge is 2.34. The monoisotopic (exact) mass is 244 g/mol. The van der Waals surface area contributed by atoms with E-state index in [2.05, 4.69) is 0 Å². The van der Waals surface area contributed by atoms with Gasteiger partial charge in [-0.1, -0.05) is 6.42 Å². The van der Waals surface area contributed by atoms with Crippen molar-refractivity contribution in [1.29, 1.82) is 0 Å². The first-order chi connectivity index (χ1) is 8.04. The molecule has 5 nitrogen and oxygen atoms in total. The van der Waals surface area contributed by atoms with Crippen molar-refractivity contribution >= 4 is 5.97 Å². The van der Waals surface area contributed by atoms with E-state index in [0.717, 1.165) is 19.3 Å². The van der Waals surface area contributed by atoms with Crippen molar-refractivity contribution in [2.24, 2.45) is 5.73 Å². The molecule has 0 radical (unpaired) electrons. The number of ether oxygens (including phenoxy) is 1.